The number of nitrogens with one attached hydrogen (secondary N) is 1. The van der Waals surface area contributed by atoms with Crippen LogP contribution in [0.25, 0.3) is 0 Å². The molecule has 0 spiro atoms. The third-order valence-electron chi connectivity index (χ3n) is 5.71. The third kappa shape index (κ3) is 4.57. The summed E-state index contributed by atoms with van der Waals surface area (Å²) in [5.74, 6) is 1.27. The summed E-state index contributed by atoms with van der Waals surface area (Å²) in [5.41, 5.74) is 2.06. The number of benzene rings is 3. The maximum atomic E-state index is 13.4. The number of rotatable bonds is 5. The van der Waals surface area contributed by atoms with E-state index >= 15 is 0 Å². The lowest BCUT2D eigenvalue weighted by molar-refractivity contribution is 0.0950. The van der Waals surface area contributed by atoms with E-state index in [9.17, 15) is 13.2 Å². The Bertz CT molecular complexity index is 1310. The Balaban J connectivity index is 1.36. The maximum absolute atomic E-state index is 13.4. The van der Waals surface area contributed by atoms with Crippen molar-refractivity contribution in [3.8, 4) is 17.2 Å². The number of amides is 1. The van der Waals surface area contributed by atoms with Gasteiger partial charge in [-0.2, -0.15) is 4.31 Å². The normalized spacial score (nSPS) is 15.5. The number of sulfonamides is 1. The minimum Gasteiger partial charge on any atom is -0.492 e. The summed E-state index contributed by atoms with van der Waals surface area (Å²) in [5, 5.41) is 2.90. The van der Waals surface area contributed by atoms with E-state index in [1.807, 2.05) is 30.3 Å². The summed E-state index contributed by atoms with van der Waals surface area (Å²) >= 11 is 0. The lowest BCUT2D eigenvalue weighted by Gasteiger charge is -2.22. The zero-order valence-electron chi connectivity index (χ0n) is 18.4. The molecule has 0 radical (unpaired) electrons. The molecule has 2 aliphatic heterocycles. The minimum absolute atomic E-state index is 0.0892. The molecule has 0 aromatic heterocycles. The first-order chi connectivity index (χ1) is 16.5. The van der Waals surface area contributed by atoms with E-state index in [4.69, 9.17) is 14.2 Å². The second-order valence-corrected chi connectivity index (χ2v) is 9.92. The van der Waals surface area contributed by atoms with Gasteiger partial charge in [0, 0.05) is 36.8 Å². The Morgan fingerprint density at radius 1 is 0.853 bits per heavy atom. The fourth-order valence-corrected chi connectivity index (χ4v) is 5.35. The number of carbonyl (C=O) groups excluding carboxylic acids is 1. The minimum atomic E-state index is -3.82. The van der Waals surface area contributed by atoms with Crippen LogP contribution in [-0.4, -0.2) is 45.0 Å². The van der Waals surface area contributed by atoms with Gasteiger partial charge in [0.2, 0.25) is 10.0 Å². The Morgan fingerprint density at radius 2 is 1.59 bits per heavy atom. The smallest absolute Gasteiger partial charge is 0.251 e. The zero-order chi connectivity index (χ0) is 23.5. The van der Waals surface area contributed by atoms with Crippen LogP contribution in [0.2, 0.25) is 0 Å². The van der Waals surface area contributed by atoms with Gasteiger partial charge in [-0.3, -0.25) is 4.79 Å². The van der Waals surface area contributed by atoms with E-state index < -0.39 is 10.0 Å². The first kappa shape index (κ1) is 22.2. The standard InChI is InChI=1S/C25H24N2O6S/c28-25(26-16-18-4-2-1-3-5-18)19-6-8-22-20(14-19)17-27(10-11-31-22)34(29,30)21-7-9-23-24(15-21)33-13-12-32-23/h1-9,14-15H,10-13,16-17H2,(H,26,28). The van der Waals surface area contributed by atoms with Gasteiger partial charge in [0.25, 0.3) is 5.91 Å². The number of fused-ring (bicyclic) bond motifs is 2. The molecule has 3 aromatic carbocycles. The van der Waals surface area contributed by atoms with Crippen molar-refractivity contribution in [3.05, 3.63) is 83.4 Å². The van der Waals surface area contributed by atoms with E-state index in [-0.39, 0.29) is 30.5 Å². The average Bonchev–Trinajstić information content (AvgIpc) is 3.10. The Kier molecular flexibility index (Phi) is 6.12. The molecule has 0 fully saturated rings. The Morgan fingerprint density at radius 3 is 2.41 bits per heavy atom. The highest BCUT2D eigenvalue weighted by atomic mass is 32.2. The van der Waals surface area contributed by atoms with Crippen LogP contribution in [0.3, 0.4) is 0 Å². The van der Waals surface area contributed by atoms with E-state index in [2.05, 4.69) is 5.32 Å². The summed E-state index contributed by atoms with van der Waals surface area (Å²) < 4.78 is 45.0. The molecule has 0 bridgehead atoms. The monoisotopic (exact) mass is 480 g/mol. The summed E-state index contributed by atoms with van der Waals surface area (Å²) in [6.07, 6.45) is 0. The first-order valence-corrected chi connectivity index (χ1v) is 12.4. The fraction of sp³-hybridized carbons (Fsp3) is 0.240. The summed E-state index contributed by atoms with van der Waals surface area (Å²) in [6, 6.07) is 19.3. The second-order valence-electron chi connectivity index (χ2n) is 7.98. The SMILES string of the molecule is O=C(NCc1ccccc1)c1ccc2c(c1)CN(S(=O)(=O)c1ccc3c(c1)OCCO3)CCO2. The Labute approximate surface area is 198 Å². The van der Waals surface area contributed by atoms with Gasteiger partial charge in [-0.25, -0.2) is 8.42 Å². The van der Waals surface area contributed by atoms with Gasteiger partial charge in [0.05, 0.1) is 4.90 Å². The predicted molar refractivity (Wildman–Crippen MR) is 125 cm³/mol. The van der Waals surface area contributed by atoms with Gasteiger partial charge < -0.3 is 19.5 Å². The van der Waals surface area contributed by atoms with Crippen LogP contribution < -0.4 is 19.5 Å². The summed E-state index contributed by atoms with van der Waals surface area (Å²) in [6.45, 7) is 1.68. The third-order valence-corrected chi connectivity index (χ3v) is 7.56. The summed E-state index contributed by atoms with van der Waals surface area (Å²) in [4.78, 5) is 12.8. The molecule has 0 unspecified atom stereocenters. The van der Waals surface area contributed by atoms with Gasteiger partial charge in [0.1, 0.15) is 25.6 Å². The lowest BCUT2D eigenvalue weighted by Crippen LogP contribution is -2.32. The number of hydrogen-bond donors (Lipinski definition) is 1. The second kappa shape index (κ2) is 9.36. The van der Waals surface area contributed by atoms with Gasteiger partial charge >= 0.3 is 0 Å². The number of ether oxygens (including phenoxy) is 3. The van der Waals surface area contributed by atoms with Crippen LogP contribution in [-0.2, 0) is 23.1 Å². The van der Waals surface area contributed by atoms with Crippen LogP contribution in [0.15, 0.2) is 71.6 Å². The van der Waals surface area contributed by atoms with E-state index in [0.29, 0.717) is 48.1 Å². The molecule has 2 aliphatic rings. The van der Waals surface area contributed by atoms with Gasteiger partial charge in [-0.05, 0) is 35.9 Å². The first-order valence-electron chi connectivity index (χ1n) is 11.0. The zero-order valence-corrected chi connectivity index (χ0v) is 19.2. The molecular formula is C25H24N2O6S. The van der Waals surface area contributed by atoms with Gasteiger partial charge in [-0.1, -0.05) is 30.3 Å². The number of hydrogen-bond acceptors (Lipinski definition) is 6. The van der Waals surface area contributed by atoms with E-state index in [0.717, 1.165) is 5.56 Å². The molecule has 8 nitrogen and oxygen atoms in total. The molecule has 3 aromatic rings. The molecule has 0 atom stereocenters. The van der Waals surface area contributed by atoms with Crippen molar-refractivity contribution in [2.75, 3.05) is 26.4 Å². The van der Waals surface area contributed by atoms with Crippen molar-refractivity contribution in [2.45, 2.75) is 18.0 Å². The molecule has 5 rings (SSSR count). The Hall–Kier alpha value is -3.56. The molecule has 2 heterocycles. The molecule has 9 heteroatoms. The van der Waals surface area contributed by atoms with Crippen molar-refractivity contribution in [1.82, 2.24) is 9.62 Å². The highest BCUT2D eigenvalue weighted by molar-refractivity contribution is 7.89. The highest BCUT2D eigenvalue weighted by Gasteiger charge is 2.29. The molecule has 1 N–H and O–H groups in total. The predicted octanol–water partition coefficient (Wildman–Crippen LogP) is 2.97. The molecule has 0 saturated heterocycles. The van der Waals surface area contributed by atoms with E-state index in [1.54, 1.807) is 24.3 Å². The fourth-order valence-electron chi connectivity index (χ4n) is 3.93. The maximum Gasteiger partial charge on any atom is 0.251 e. The molecule has 1 amide bonds. The molecule has 176 valence electrons. The van der Waals surface area contributed by atoms with Crippen LogP contribution in [0.5, 0.6) is 17.2 Å². The molecular weight excluding hydrogens is 456 g/mol. The topological polar surface area (TPSA) is 94.2 Å². The van der Waals surface area contributed by atoms with Crippen LogP contribution in [0, 0.1) is 0 Å². The van der Waals surface area contributed by atoms with Crippen molar-refractivity contribution in [1.29, 1.82) is 0 Å². The van der Waals surface area contributed by atoms with Crippen molar-refractivity contribution < 1.29 is 27.4 Å². The average molecular weight is 481 g/mol. The molecule has 0 saturated carbocycles. The quantitative estimate of drug-likeness (QED) is 0.604. The van der Waals surface area contributed by atoms with Crippen molar-refractivity contribution in [3.63, 3.8) is 0 Å². The van der Waals surface area contributed by atoms with Gasteiger partial charge in [0.15, 0.2) is 11.5 Å². The van der Waals surface area contributed by atoms with Crippen molar-refractivity contribution >= 4 is 15.9 Å². The number of nitrogens with zero attached hydrogens (tertiary/aromatic N) is 1. The van der Waals surface area contributed by atoms with E-state index in [1.165, 1.54) is 16.4 Å². The summed E-state index contributed by atoms with van der Waals surface area (Å²) in [7, 11) is -3.82. The van der Waals surface area contributed by atoms with Crippen molar-refractivity contribution in [2.24, 2.45) is 0 Å². The van der Waals surface area contributed by atoms with Gasteiger partial charge in [-0.15, -0.1) is 0 Å². The molecule has 0 aliphatic carbocycles. The highest BCUT2D eigenvalue weighted by Crippen LogP contribution is 2.34. The lowest BCUT2D eigenvalue weighted by atomic mass is 10.1. The van der Waals surface area contributed by atoms with Crippen LogP contribution in [0.1, 0.15) is 21.5 Å². The van der Waals surface area contributed by atoms with Crippen LogP contribution in [0.4, 0.5) is 0 Å². The number of carbonyl (C=O) groups is 1. The van der Waals surface area contributed by atoms with Crippen LogP contribution >= 0.6 is 0 Å². The largest absolute Gasteiger partial charge is 0.492 e. The molecule has 34 heavy (non-hydrogen) atoms.